The third-order valence-electron chi connectivity index (χ3n) is 3.37. The molecule has 3 rings (SSSR count). The molecule has 0 aromatic heterocycles. The molecule has 0 aliphatic carbocycles. The molecule has 3 aromatic carbocycles. The molecule has 0 aliphatic heterocycles. The van der Waals surface area contributed by atoms with Crippen LogP contribution in [0.1, 0.15) is 0 Å². The van der Waals surface area contributed by atoms with E-state index in [0.717, 1.165) is 10.2 Å². The van der Waals surface area contributed by atoms with Crippen LogP contribution in [0.3, 0.4) is 0 Å². The molecule has 0 unspecified atom stereocenters. The number of amides is 1. The van der Waals surface area contributed by atoms with Gasteiger partial charge in [0.15, 0.2) is 6.61 Å². The summed E-state index contributed by atoms with van der Waals surface area (Å²) in [4.78, 5) is 11.9. The summed E-state index contributed by atoms with van der Waals surface area (Å²) in [6.45, 7) is -0.164. The summed E-state index contributed by atoms with van der Waals surface area (Å²) < 4.78 is 24.8. The molecule has 0 saturated carbocycles. The highest BCUT2D eigenvalue weighted by molar-refractivity contribution is 9.10. The van der Waals surface area contributed by atoms with Gasteiger partial charge in [-0.2, -0.15) is 0 Å². The predicted molar refractivity (Wildman–Crippen MR) is 101 cm³/mol. The van der Waals surface area contributed by atoms with Gasteiger partial charge >= 0.3 is 0 Å². The van der Waals surface area contributed by atoms with Gasteiger partial charge in [-0.15, -0.1) is 0 Å². The number of ether oxygens (including phenoxy) is 2. The maximum atomic E-state index is 12.8. The van der Waals surface area contributed by atoms with Crippen molar-refractivity contribution in [3.63, 3.8) is 0 Å². The van der Waals surface area contributed by atoms with Crippen molar-refractivity contribution in [1.82, 2.24) is 0 Å². The van der Waals surface area contributed by atoms with E-state index in [1.165, 1.54) is 24.3 Å². The molecular formula is C20H15BrFNO3. The van der Waals surface area contributed by atoms with Crippen LogP contribution < -0.4 is 14.8 Å². The number of benzene rings is 3. The first kappa shape index (κ1) is 17.9. The van der Waals surface area contributed by atoms with Crippen molar-refractivity contribution in [3.05, 3.63) is 83.1 Å². The molecule has 6 heteroatoms. The summed E-state index contributed by atoms with van der Waals surface area (Å²) in [5, 5.41) is 2.72. The SMILES string of the molecule is O=C(COc1ccc(F)cc1)Nc1ccc(Oc2ccc(Br)cc2)cc1. The van der Waals surface area contributed by atoms with Crippen molar-refractivity contribution < 1.29 is 18.7 Å². The number of hydrogen-bond acceptors (Lipinski definition) is 3. The van der Waals surface area contributed by atoms with Gasteiger partial charge in [0.1, 0.15) is 23.1 Å². The van der Waals surface area contributed by atoms with E-state index in [4.69, 9.17) is 9.47 Å². The Labute approximate surface area is 158 Å². The number of rotatable bonds is 6. The number of nitrogens with one attached hydrogen (secondary N) is 1. The third kappa shape index (κ3) is 5.32. The van der Waals surface area contributed by atoms with Gasteiger partial charge in [0, 0.05) is 10.2 Å². The standard InChI is InChI=1S/C20H15BrFNO3/c21-14-1-7-18(8-2-14)26-19-11-5-16(6-12-19)23-20(24)13-25-17-9-3-15(22)4-10-17/h1-12H,13H2,(H,23,24). The molecule has 26 heavy (non-hydrogen) atoms. The minimum absolute atomic E-state index is 0.164. The van der Waals surface area contributed by atoms with Crippen LogP contribution in [-0.4, -0.2) is 12.5 Å². The summed E-state index contributed by atoms with van der Waals surface area (Å²) >= 11 is 3.37. The molecule has 0 spiro atoms. The molecule has 1 N–H and O–H groups in total. The highest BCUT2D eigenvalue weighted by atomic mass is 79.9. The maximum absolute atomic E-state index is 12.8. The Morgan fingerprint density at radius 3 is 2.00 bits per heavy atom. The average molecular weight is 416 g/mol. The first-order valence-corrected chi connectivity index (χ1v) is 8.59. The Balaban J connectivity index is 1.50. The van der Waals surface area contributed by atoms with Crippen molar-refractivity contribution in [2.45, 2.75) is 0 Å². The normalized spacial score (nSPS) is 10.2. The van der Waals surface area contributed by atoms with Gasteiger partial charge < -0.3 is 14.8 Å². The largest absolute Gasteiger partial charge is 0.484 e. The zero-order chi connectivity index (χ0) is 18.4. The summed E-state index contributed by atoms with van der Waals surface area (Å²) in [6.07, 6.45) is 0. The van der Waals surface area contributed by atoms with Gasteiger partial charge in [-0.05, 0) is 72.8 Å². The lowest BCUT2D eigenvalue weighted by atomic mass is 10.3. The van der Waals surface area contributed by atoms with Crippen LogP contribution in [0.25, 0.3) is 0 Å². The van der Waals surface area contributed by atoms with Crippen molar-refractivity contribution in [2.75, 3.05) is 11.9 Å². The molecule has 0 radical (unpaired) electrons. The molecule has 0 saturated heterocycles. The van der Waals surface area contributed by atoms with Crippen molar-refractivity contribution in [2.24, 2.45) is 0 Å². The van der Waals surface area contributed by atoms with E-state index in [1.54, 1.807) is 24.3 Å². The summed E-state index contributed by atoms with van der Waals surface area (Å²) in [5.41, 5.74) is 0.626. The number of hydrogen-bond donors (Lipinski definition) is 1. The van der Waals surface area contributed by atoms with Gasteiger partial charge in [-0.25, -0.2) is 4.39 Å². The average Bonchev–Trinajstić information content (AvgIpc) is 2.65. The molecule has 4 nitrogen and oxygen atoms in total. The van der Waals surface area contributed by atoms with Crippen molar-refractivity contribution >= 4 is 27.5 Å². The molecule has 132 valence electrons. The Hall–Kier alpha value is -2.86. The van der Waals surface area contributed by atoms with Crippen LogP contribution in [0.5, 0.6) is 17.2 Å². The van der Waals surface area contributed by atoms with Gasteiger partial charge in [0.2, 0.25) is 0 Å². The van der Waals surface area contributed by atoms with Gasteiger partial charge in [-0.1, -0.05) is 15.9 Å². The summed E-state index contributed by atoms with van der Waals surface area (Å²) in [5.74, 6) is 1.15. The van der Waals surface area contributed by atoms with Gasteiger partial charge in [-0.3, -0.25) is 4.79 Å². The molecular weight excluding hydrogens is 401 g/mol. The van der Waals surface area contributed by atoms with Crippen molar-refractivity contribution in [3.8, 4) is 17.2 Å². The Kier molecular flexibility index (Phi) is 5.86. The van der Waals surface area contributed by atoms with Crippen LogP contribution in [0.15, 0.2) is 77.3 Å². The van der Waals surface area contributed by atoms with Gasteiger partial charge in [0.05, 0.1) is 0 Å². The minimum Gasteiger partial charge on any atom is -0.484 e. The van der Waals surface area contributed by atoms with E-state index >= 15 is 0 Å². The number of anilines is 1. The summed E-state index contributed by atoms with van der Waals surface area (Å²) in [6, 6.07) is 20.0. The van der Waals surface area contributed by atoms with E-state index in [2.05, 4.69) is 21.2 Å². The van der Waals surface area contributed by atoms with E-state index in [-0.39, 0.29) is 18.3 Å². The van der Waals surface area contributed by atoms with Gasteiger partial charge in [0.25, 0.3) is 5.91 Å². The first-order valence-electron chi connectivity index (χ1n) is 7.80. The summed E-state index contributed by atoms with van der Waals surface area (Å²) in [7, 11) is 0. The topological polar surface area (TPSA) is 47.6 Å². The minimum atomic E-state index is -0.354. The Morgan fingerprint density at radius 2 is 1.38 bits per heavy atom. The lowest BCUT2D eigenvalue weighted by Gasteiger charge is -2.09. The lowest BCUT2D eigenvalue weighted by Crippen LogP contribution is -2.20. The fraction of sp³-hybridized carbons (Fsp3) is 0.0500. The lowest BCUT2D eigenvalue weighted by molar-refractivity contribution is -0.118. The van der Waals surface area contributed by atoms with Crippen LogP contribution >= 0.6 is 15.9 Å². The zero-order valence-corrected chi connectivity index (χ0v) is 15.2. The first-order chi connectivity index (χ1) is 12.6. The van der Waals surface area contributed by atoms with E-state index in [0.29, 0.717) is 17.2 Å². The number of halogens is 2. The predicted octanol–water partition coefficient (Wildman–Crippen LogP) is 5.40. The number of carbonyl (C=O) groups is 1. The molecule has 0 fully saturated rings. The van der Waals surface area contributed by atoms with Crippen LogP contribution in [0.4, 0.5) is 10.1 Å². The quantitative estimate of drug-likeness (QED) is 0.586. The van der Waals surface area contributed by atoms with Crippen LogP contribution in [0, 0.1) is 5.82 Å². The Morgan fingerprint density at radius 1 is 0.846 bits per heavy atom. The molecule has 0 atom stereocenters. The smallest absolute Gasteiger partial charge is 0.262 e. The highest BCUT2D eigenvalue weighted by Gasteiger charge is 2.05. The second kappa shape index (κ2) is 8.49. The molecule has 0 aliphatic rings. The molecule has 0 bridgehead atoms. The highest BCUT2D eigenvalue weighted by Crippen LogP contribution is 2.24. The fourth-order valence-electron chi connectivity index (χ4n) is 2.12. The second-order valence-corrected chi connectivity index (χ2v) is 6.29. The molecule has 1 amide bonds. The van der Waals surface area contributed by atoms with Crippen LogP contribution in [-0.2, 0) is 4.79 Å². The second-order valence-electron chi connectivity index (χ2n) is 5.37. The van der Waals surface area contributed by atoms with Crippen molar-refractivity contribution in [1.29, 1.82) is 0 Å². The Bertz CT molecular complexity index is 865. The molecule has 3 aromatic rings. The third-order valence-corrected chi connectivity index (χ3v) is 3.90. The monoisotopic (exact) mass is 415 g/mol. The fourth-order valence-corrected chi connectivity index (χ4v) is 2.39. The number of carbonyl (C=O) groups excluding carboxylic acids is 1. The molecule has 0 heterocycles. The van der Waals surface area contributed by atoms with E-state index < -0.39 is 0 Å². The van der Waals surface area contributed by atoms with Crippen LogP contribution in [0.2, 0.25) is 0 Å². The van der Waals surface area contributed by atoms with E-state index in [9.17, 15) is 9.18 Å². The maximum Gasteiger partial charge on any atom is 0.262 e. The zero-order valence-electron chi connectivity index (χ0n) is 13.6. The van der Waals surface area contributed by atoms with E-state index in [1.807, 2.05) is 24.3 Å².